The van der Waals surface area contributed by atoms with Gasteiger partial charge in [-0.25, -0.2) is 0 Å². The monoisotopic (exact) mass is 516 g/mol. The highest BCUT2D eigenvalue weighted by Gasteiger charge is 2.40. The number of halogens is 1. The van der Waals surface area contributed by atoms with Crippen molar-refractivity contribution in [2.45, 2.75) is 31.8 Å². The summed E-state index contributed by atoms with van der Waals surface area (Å²) in [4.78, 5) is 10.3. The number of benzene rings is 1. The zero-order chi connectivity index (χ0) is 18.5. The number of nitrogens with zero attached hydrogens (tertiary/aromatic N) is 3. The average molecular weight is 516 g/mol. The predicted octanol–water partition coefficient (Wildman–Crippen LogP) is 2.84. The number of ether oxygens (including phenoxy) is 1. The molecule has 0 bridgehead atoms. The van der Waals surface area contributed by atoms with Crippen molar-refractivity contribution in [3.63, 3.8) is 0 Å². The minimum absolute atomic E-state index is 0. The maximum absolute atomic E-state index is 5.59. The van der Waals surface area contributed by atoms with Gasteiger partial charge in [-0.3, -0.25) is 9.89 Å². The van der Waals surface area contributed by atoms with E-state index in [2.05, 4.69) is 58.1 Å². The Morgan fingerprint density at radius 2 is 2.00 bits per heavy atom. The Balaban J connectivity index is 0.00000225. The molecule has 2 saturated heterocycles. The van der Waals surface area contributed by atoms with Crippen LogP contribution in [0.15, 0.2) is 29.3 Å². The predicted molar refractivity (Wildman–Crippen MR) is 129 cm³/mol. The molecule has 2 fully saturated rings. The van der Waals surface area contributed by atoms with Crippen LogP contribution in [0.2, 0.25) is 0 Å². The van der Waals surface area contributed by atoms with Crippen molar-refractivity contribution in [1.82, 2.24) is 15.1 Å². The molecule has 1 atom stereocenters. The van der Waals surface area contributed by atoms with Crippen LogP contribution in [0.5, 0.6) is 0 Å². The molecule has 0 aromatic heterocycles. The average Bonchev–Trinajstić information content (AvgIpc) is 3.22. The third-order valence-corrected chi connectivity index (χ3v) is 7.29. The summed E-state index contributed by atoms with van der Waals surface area (Å²) >= 11 is 2.08. The molecule has 0 amide bonds. The summed E-state index contributed by atoms with van der Waals surface area (Å²) in [5.74, 6) is 3.52. The summed E-state index contributed by atoms with van der Waals surface area (Å²) in [7, 11) is 0. The van der Waals surface area contributed by atoms with Gasteiger partial charge in [0, 0.05) is 38.5 Å². The SMILES string of the molecule is CCNC(=NCC1(N2CCOCC2)CCSC1)N1CCc2ccccc2C1.I. The molecule has 3 heterocycles. The molecule has 28 heavy (non-hydrogen) atoms. The molecular formula is C21H33IN4OS. The van der Waals surface area contributed by atoms with Crippen molar-refractivity contribution in [2.75, 3.05) is 57.4 Å². The van der Waals surface area contributed by atoms with Gasteiger partial charge in [-0.05, 0) is 36.6 Å². The van der Waals surface area contributed by atoms with E-state index in [0.717, 1.165) is 64.9 Å². The second kappa shape index (κ2) is 10.5. The smallest absolute Gasteiger partial charge is 0.194 e. The lowest BCUT2D eigenvalue weighted by Crippen LogP contribution is -2.56. The number of nitrogens with one attached hydrogen (secondary N) is 1. The minimum atomic E-state index is 0. The molecule has 1 aromatic carbocycles. The fraction of sp³-hybridized carbons (Fsp3) is 0.667. The Bertz CT molecular complexity index is 660. The van der Waals surface area contributed by atoms with Gasteiger partial charge in [-0.2, -0.15) is 11.8 Å². The number of fused-ring (bicyclic) bond motifs is 1. The van der Waals surface area contributed by atoms with Crippen molar-refractivity contribution in [3.05, 3.63) is 35.4 Å². The summed E-state index contributed by atoms with van der Waals surface area (Å²) in [5.41, 5.74) is 3.14. The molecule has 4 rings (SSSR count). The maximum Gasteiger partial charge on any atom is 0.194 e. The number of aliphatic imine (C=N–C) groups is 1. The number of rotatable bonds is 4. The third-order valence-electron chi connectivity index (χ3n) is 6.05. The van der Waals surface area contributed by atoms with E-state index in [1.807, 2.05) is 0 Å². The van der Waals surface area contributed by atoms with Crippen LogP contribution in [0.1, 0.15) is 24.5 Å². The highest BCUT2D eigenvalue weighted by atomic mass is 127. The van der Waals surface area contributed by atoms with Gasteiger partial charge in [0.2, 0.25) is 0 Å². The molecule has 1 N–H and O–H groups in total. The van der Waals surface area contributed by atoms with Crippen LogP contribution in [-0.2, 0) is 17.7 Å². The van der Waals surface area contributed by atoms with Crippen LogP contribution in [0.3, 0.4) is 0 Å². The first-order chi connectivity index (χ1) is 13.3. The molecular weight excluding hydrogens is 483 g/mol. The number of guanidine groups is 1. The first kappa shape index (κ1) is 22.2. The summed E-state index contributed by atoms with van der Waals surface area (Å²) in [6.07, 6.45) is 2.34. The van der Waals surface area contributed by atoms with E-state index in [1.165, 1.54) is 29.1 Å². The van der Waals surface area contributed by atoms with Gasteiger partial charge in [0.05, 0.1) is 25.3 Å². The van der Waals surface area contributed by atoms with E-state index >= 15 is 0 Å². The summed E-state index contributed by atoms with van der Waals surface area (Å²) in [5, 5.41) is 3.55. The molecule has 0 radical (unpaired) electrons. The molecule has 1 aromatic rings. The third kappa shape index (κ3) is 4.96. The van der Waals surface area contributed by atoms with Crippen molar-refractivity contribution in [3.8, 4) is 0 Å². The fourth-order valence-electron chi connectivity index (χ4n) is 4.43. The molecule has 156 valence electrons. The van der Waals surface area contributed by atoms with Gasteiger partial charge in [-0.1, -0.05) is 24.3 Å². The Morgan fingerprint density at radius 1 is 1.21 bits per heavy atom. The lowest BCUT2D eigenvalue weighted by molar-refractivity contribution is -0.0105. The zero-order valence-corrected chi connectivity index (χ0v) is 20.0. The summed E-state index contributed by atoms with van der Waals surface area (Å²) in [6, 6.07) is 8.82. The van der Waals surface area contributed by atoms with Crippen LogP contribution in [0.25, 0.3) is 0 Å². The van der Waals surface area contributed by atoms with Gasteiger partial charge < -0.3 is 15.0 Å². The van der Waals surface area contributed by atoms with Crippen molar-refractivity contribution >= 4 is 41.7 Å². The fourth-order valence-corrected chi connectivity index (χ4v) is 5.90. The number of morpholine rings is 1. The Kier molecular flexibility index (Phi) is 8.32. The van der Waals surface area contributed by atoms with Crippen LogP contribution >= 0.6 is 35.7 Å². The lowest BCUT2D eigenvalue weighted by atomic mass is 9.96. The molecule has 3 aliphatic rings. The van der Waals surface area contributed by atoms with E-state index in [1.54, 1.807) is 0 Å². The Labute approximate surface area is 190 Å². The van der Waals surface area contributed by atoms with E-state index in [4.69, 9.17) is 9.73 Å². The van der Waals surface area contributed by atoms with E-state index in [0.29, 0.717) is 0 Å². The Hall–Kier alpha value is -0.510. The molecule has 5 nitrogen and oxygen atoms in total. The molecule has 0 saturated carbocycles. The van der Waals surface area contributed by atoms with Crippen molar-refractivity contribution < 1.29 is 4.74 Å². The van der Waals surface area contributed by atoms with Gasteiger partial charge in [0.15, 0.2) is 5.96 Å². The maximum atomic E-state index is 5.59. The Morgan fingerprint density at radius 3 is 2.71 bits per heavy atom. The molecule has 7 heteroatoms. The number of hydrogen-bond acceptors (Lipinski definition) is 4. The van der Waals surface area contributed by atoms with Crippen molar-refractivity contribution in [2.24, 2.45) is 4.99 Å². The van der Waals surface area contributed by atoms with Crippen LogP contribution in [0, 0.1) is 0 Å². The molecule has 1 unspecified atom stereocenters. The molecule has 0 spiro atoms. The second-order valence-corrected chi connectivity index (χ2v) is 8.84. The molecule has 0 aliphatic carbocycles. The first-order valence-corrected chi connectivity index (χ1v) is 11.5. The summed E-state index contributed by atoms with van der Waals surface area (Å²) < 4.78 is 5.59. The summed E-state index contributed by atoms with van der Waals surface area (Å²) in [6.45, 7) is 9.78. The quantitative estimate of drug-likeness (QED) is 0.379. The second-order valence-electron chi connectivity index (χ2n) is 7.74. The molecule has 3 aliphatic heterocycles. The van der Waals surface area contributed by atoms with E-state index in [9.17, 15) is 0 Å². The minimum Gasteiger partial charge on any atom is -0.379 e. The number of thioether (sulfide) groups is 1. The van der Waals surface area contributed by atoms with Crippen LogP contribution < -0.4 is 5.32 Å². The van der Waals surface area contributed by atoms with E-state index < -0.39 is 0 Å². The highest BCUT2D eigenvalue weighted by Crippen LogP contribution is 2.34. The van der Waals surface area contributed by atoms with Gasteiger partial charge in [0.25, 0.3) is 0 Å². The highest BCUT2D eigenvalue weighted by molar-refractivity contribution is 14.0. The van der Waals surface area contributed by atoms with Gasteiger partial charge >= 0.3 is 0 Å². The first-order valence-electron chi connectivity index (χ1n) is 10.3. The standard InChI is InChI=1S/C21H32N4OS.HI/c1-2-22-20(24-9-7-18-5-3-4-6-19(18)15-24)23-16-21(8-14-27-17-21)25-10-12-26-13-11-25;/h3-6H,2,7-17H2,1H3,(H,22,23);1H. The zero-order valence-electron chi connectivity index (χ0n) is 16.9. The van der Waals surface area contributed by atoms with Gasteiger partial charge in [-0.15, -0.1) is 24.0 Å². The number of hydrogen-bond donors (Lipinski definition) is 1. The van der Waals surface area contributed by atoms with Gasteiger partial charge in [0.1, 0.15) is 0 Å². The normalized spacial score (nSPS) is 25.9. The lowest BCUT2D eigenvalue weighted by Gasteiger charge is -2.42. The van der Waals surface area contributed by atoms with Crippen LogP contribution in [-0.4, -0.2) is 78.7 Å². The topological polar surface area (TPSA) is 40.1 Å². The largest absolute Gasteiger partial charge is 0.379 e. The van der Waals surface area contributed by atoms with E-state index in [-0.39, 0.29) is 29.5 Å². The van der Waals surface area contributed by atoms with Crippen molar-refractivity contribution in [1.29, 1.82) is 0 Å². The van der Waals surface area contributed by atoms with Crippen LogP contribution in [0.4, 0.5) is 0 Å².